The first-order valence-electron chi connectivity index (χ1n) is 10.00. The van der Waals surface area contributed by atoms with Gasteiger partial charge in [-0.05, 0) is 75.4 Å². The smallest absolute Gasteiger partial charge is 0.323 e. The molecule has 0 spiro atoms. The molecule has 3 rings (SSSR count). The highest BCUT2D eigenvalue weighted by Crippen LogP contribution is 2.35. The molecule has 0 amide bonds. The van der Waals surface area contributed by atoms with Gasteiger partial charge in [-0.3, -0.25) is 9.59 Å². The summed E-state index contributed by atoms with van der Waals surface area (Å²) in [6.07, 6.45) is 3.44. The molecule has 6 nitrogen and oxygen atoms in total. The Morgan fingerprint density at radius 1 is 1.36 bits per heavy atom. The number of nitrogens with zero attached hydrogens (tertiary/aromatic N) is 2. The van der Waals surface area contributed by atoms with Gasteiger partial charge in [0.25, 0.3) is 0 Å². The number of benzene rings is 1. The molecule has 2 unspecified atom stereocenters. The van der Waals surface area contributed by atoms with E-state index in [2.05, 4.69) is 5.32 Å². The van der Waals surface area contributed by atoms with Gasteiger partial charge in [-0.2, -0.15) is 0 Å². The van der Waals surface area contributed by atoms with Crippen LogP contribution in [0.1, 0.15) is 43.7 Å². The number of nitrogens with one attached hydrogen (secondary N) is 1. The standard InChI is InChI=1S/C21H29N3O3S/c1-4-6-18(25)20(15-7-5-8-22-11-15)28-21-23-16-9-13(2)14(3)10-17(16)24(21)12-19(26)27/h9-10,15,20,22H,4-8,11-12H2,1-3H3,(H,26,27). The van der Waals surface area contributed by atoms with Crippen LogP contribution in [0.4, 0.5) is 0 Å². The molecule has 152 valence electrons. The second kappa shape index (κ2) is 9.09. The van der Waals surface area contributed by atoms with Crippen LogP contribution in [-0.4, -0.2) is 44.7 Å². The van der Waals surface area contributed by atoms with Gasteiger partial charge in [-0.15, -0.1) is 0 Å². The predicted octanol–water partition coefficient (Wildman–Crippen LogP) is 3.57. The summed E-state index contributed by atoms with van der Waals surface area (Å²) in [5.74, 6) is -0.419. The molecule has 1 aliphatic rings. The number of piperidine rings is 1. The minimum atomic E-state index is -0.907. The van der Waals surface area contributed by atoms with E-state index >= 15 is 0 Å². The SMILES string of the molecule is CCCC(=O)C(Sc1nc2cc(C)c(C)cc2n1CC(=O)O)C1CCCNC1. The minimum Gasteiger partial charge on any atom is -0.480 e. The zero-order chi connectivity index (χ0) is 20.3. The van der Waals surface area contributed by atoms with E-state index in [9.17, 15) is 14.7 Å². The molecular formula is C21H29N3O3S. The largest absolute Gasteiger partial charge is 0.480 e. The lowest BCUT2D eigenvalue weighted by molar-refractivity contribution is -0.137. The number of fused-ring (bicyclic) bond motifs is 1. The monoisotopic (exact) mass is 403 g/mol. The molecule has 2 aromatic rings. The first-order valence-corrected chi connectivity index (χ1v) is 10.9. The molecule has 28 heavy (non-hydrogen) atoms. The summed E-state index contributed by atoms with van der Waals surface area (Å²) in [6, 6.07) is 3.99. The van der Waals surface area contributed by atoms with Crippen LogP contribution in [0, 0.1) is 19.8 Å². The number of hydrogen-bond acceptors (Lipinski definition) is 5. The van der Waals surface area contributed by atoms with Gasteiger partial charge in [0, 0.05) is 6.42 Å². The summed E-state index contributed by atoms with van der Waals surface area (Å²) < 4.78 is 1.75. The normalized spacial score (nSPS) is 18.3. The molecule has 1 aliphatic heterocycles. The molecule has 2 N–H and O–H groups in total. The van der Waals surface area contributed by atoms with Crippen LogP contribution in [-0.2, 0) is 16.1 Å². The van der Waals surface area contributed by atoms with Crippen molar-refractivity contribution in [2.75, 3.05) is 13.1 Å². The van der Waals surface area contributed by atoms with Gasteiger partial charge in [-0.1, -0.05) is 18.7 Å². The first-order chi connectivity index (χ1) is 13.4. The minimum absolute atomic E-state index is 0.154. The molecule has 2 atom stereocenters. The number of carboxylic acid groups (broad SMARTS) is 1. The average molecular weight is 404 g/mol. The van der Waals surface area contributed by atoms with Crippen molar-refractivity contribution >= 4 is 34.5 Å². The molecule has 0 saturated carbocycles. The number of imidazole rings is 1. The fourth-order valence-corrected chi connectivity index (χ4v) is 5.14. The zero-order valence-electron chi connectivity index (χ0n) is 16.8. The number of aromatic nitrogens is 2. The van der Waals surface area contributed by atoms with Crippen molar-refractivity contribution in [3.63, 3.8) is 0 Å². The molecule has 1 aromatic heterocycles. The number of rotatable bonds is 8. The van der Waals surface area contributed by atoms with Crippen LogP contribution in [0.25, 0.3) is 11.0 Å². The maximum Gasteiger partial charge on any atom is 0.323 e. The topological polar surface area (TPSA) is 84.2 Å². The average Bonchev–Trinajstić information content (AvgIpc) is 2.97. The Labute approximate surface area is 170 Å². The fraction of sp³-hybridized carbons (Fsp3) is 0.571. The van der Waals surface area contributed by atoms with Crippen LogP contribution >= 0.6 is 11.8 Å². The van der Waals surface area contributed by atoms with E-state index in [-0.39, 0.29) is 23.5 Å². The summed E-state index contributed by atoms with van der Waals surface area (Å²) >= 11 is 1.45. The lowest BCUT2D eigenvalue weighted by atomic mass is 9.92. The number of aryl methyl sites for hydroxylation is 2. The first kappa shape index (κ1) is 20.9. The van der Waals surface area contributed by atoms with E-state index in [1.54, 1.807) is 4.57 Å². The van der Waals surface area contributed by atoms with Gasteiger partial charge in [0.15, 0.2) is 5.16 Å². The molecule has 1 aromatic carbocycles. The molecule has 0 radical (unpaired) electrons. The molecular weight excluding hydrogens is 374 g/mol. The molecule has 2 heterocycles. The Balaban J connectivity index is 2.01. The van der Waals surface area contributed by atoms with Gasteiger partial charge in [0.1, 0.15) is 12.3 Å². The van der Waals surface area contributed by atoms with E-state index in [1.165, 1.54) is 11.8 Å². The number of aliphatic carboxylic acids is 1. The Morgan fingerprint density at radius 2 is 2.11 bits per heavy atom. The number of carbonyl (C=O) groups is 2. The van der Waals surface area contributed by atoms with Crippen LogP contribution < -0.4 is 5.32 Å². The van der Waals surface area contributed by atoms with Crippen molar-refractivity contribution in [2.45, 2.75) is 63.4 Å². The number of thioether (sulfide) groups is 1. The lowest BCUT2D eigenvalue weighted by Crippen LogP contribution is -2.39. The van der Waals surface area contributed by atoms with Crippen LogP contribution in [0.5, 0.6) is 0 Å². The van der Waals surface area contributed by atoms with Crippen LogP contribution in [0.2, 0.25) is 0 Å². The number of carbonyl (C=O) groups excluding carboxylic acids is 1. The number of hydrogen-bond donors (Lipinski definition) is 2. The predicted molar refractivity (Wildman–Crippen MR) is 112 cm³/mol. The second-order valence-electron chi connectivity index (χ2n) is 7.66. The number of carboxylic acids is 1. The van der Waals surface area contributed by atoms with Gasteiger partial charge >= 0.3 is 5.97 Å². The van der Waals surface area contributed by atoms with Crippen molar-refractivity contribution in [3.05, 3.63) is 23.3 Å². The lowest BCUT2D eigenvalue weighted by Gasteiger charge is -2.29. The zero-order valence-corrected chi connectivity index (χ0v) is 17.6. The molecule has 0 aliphatic carbocycles. The Hall–Kier alpha value is -1.86. The molecule has 1 saturated heterocycles. The maximum atomic E-state index is 12.9. The Bertz CT molecular complexity index is 871. The van der Waals surface area contributed by atoms with Crippen molar-refractivity contribution in [1.29, 1.82) is 0 Å². The molecule has 1 fully saturated rings. The Morgan fingerprint density at radius 3 is 2.75 bits per heavy atom. The Kier molecular flexibility index (Phi) is 6.78. The summed E-state index contributed by atoms with van der Waals surface area (Å²) in [4.78, 5) is 29.1. The van der Waals surface area contributed by atoms with E-state index < -0.39 is 5.97 Å². The van der Waals surface area contributed by atoms with E-state index in [0.717, 1.165) is 54.5 Å². The van der Waals surface area contributed by atoms with Crippen molar-refractivity contribution < 1.29 is 14.7 Å². The number of Topliss-reactive ketones (excluding diaryl/α,β-unsaturated/α-hetero) is 1. The van der Waals surface area contributed by atoms with Crippen molar-refractivity contribution in [3.8, 4) is 0 Å². The van der Waals surface area contributed by atoms with Gasteiger partial charge in [0.2, 0.25) is 0 Å². The van der Waals surface area contributed by atoms with Crippen LogP contribution in [0.15, 0.2) is 17.3 Å². The van der Waals surface area contributed by atoms with Gasteiger partial charge in [0.05, 0.1) is 16.3 Å². The summed E-state index contributed by atoms with van der Waals surface area (Å²) in [5, 5.41) is 13.3. The maximum absolute atomic E-state index is 12.9. The van der Waals surface area contributed by atoms with Crippen LogP contribution in [0.3, 0.4) is 0 Å². The molecule has 0 bridgehead atoms. The second-order valence-corrected chi connectivity index (χ2v) is 8.77. The summed E-state index contributed by atoms with van der Waals surface area (Å²) in [7, 11) is 0. The molecule has 7 heteroatoms. The highest BCUT2D eigenvalue weighted by atomic mass is 32.2. The van der Waals surface area contributed by atoms with E-state index in [4.69, 9.17) is 4.98 Å². The summed E-state index contributed by atoms with van der Waals surface area (Å²) in [6.45, 7) is 7.72. The van der Waals surface area contributed by atoms with Gasteiger partial charge in [-0.25, -0.2) is 4.98 Å². The third-order valence-electron chi connectivity index (χ3n) is 5.43. The van der Waals surface area contributed by atoms with E-state index in [1.807, 2.05) is 32.9 Å². The van der Waals surface area contributed by atoms with Gasteiger partial charge < -0.3 is 15.0 Å². The fourth-order valence-electron chi connectivity index (χ4n) is 3.80. The highest BCUT2D eigenvalue weighted by Gasteiger charge is 2.31. The highest BCUT2D eigenvalue weighted by molar-refractivity contribution is 8.00. The van der Waals surface area contributed by atoms with E-state index in [0.29, 0.717) is 11.6 Å². The third kappa shape index (κ3) is 4.58. The van der Waals surface area contributed by atoms with Crippen molar-refractivity contribution in [1.82, 2.24) is 14.9 Å². The third-order valence-corrected chi connectivity index (χ3v) is 6.86. The quantitative estimate of drug-likeness (QED) is 0.656. The summed E-state index contributed by atoms with van der Waals surface area (Å²) in [5.41, 5.74) is 3.83. The number of ketones is 1. The van der Waals surface area contributed by atoms with Crippen molar-refractivity contribution in [2.24, 2.45) is 5.92 Å².